The number of amides is 2. The maximum Gasteiger partial charge on any atom is 0.271 e. The van der Waals surface area contributed by atoms with E-state index in [1.807, 2.05) is 20.8 Å². The number of carbonyl (C=O) groups excluding carboxylic acids is 2. The van der Waals surface area contributed by atoms with E-state index in [0.29, 0.717) is 13.1 Å². The quantitative estimate of drug-likeness (QED) is 0.756. The lowest BCUT2D eigenvalue weighted by Crippen LogP contribution is -2.40. The van der Waals surface area contributed by atoms with Crippen molar-refractivity contribution in [3.05, 3.63) is 24.3 Å². The van der Waals surface area contributed by atoms with Crippen LogP contribution in [-0.4, -0.2) is 34.9 Å². The van der Waals surface area contributed by atoms with Crippen LogP contribution < -0.4 is 10.6 Å². The van der Waals surface area contributed by atoms with Crippen LogP contribution in [0.25, 0.3) is 0 Å². The highest BCUT2D eigenvalue weighted by molar-refractivity contribution is 5.91. The van der Waals surface area contributed by atoms with Crippen molar-refractivity contribution >= 4 is 11.8 Å². The van der Waals surface area contributed by atoms with Crippen LogP contribution in [0.3, 0.4) is 0 Å². The van der Waals surface area contributed by atoms with Crippen molar-refractivity contribution in [2.45, 2.75) is 20.8 Å². The number of nitrogens with zero attached hydrogens (tertiary/aromatic N) is 2. The molecule has 1 aromatic heterocycles. The molecule has 2 N–H and O–H groups in total. The molecule has 0 bridgehead atoms. The van der Waals surface area contributed by atoms with Gasteiger partial charge in [-0.25, -0.2) is 4.98 Å². The Hall–Kier alpha value is -1.98. The van der Waals surface area contributed by atoms with Gasteiger partial charge in [0.15, 0.2) is 0 Å². The molecule has 1 heterocycles. The highest BCUT2D eigenvalue weighted by atomic mass is 16.2. The maximum absolute atomic E-state index is 11.6. The minimum absolute atomic E-state index is 0.0451. The summed E-state index contributed by atoms with van der Waals surface area (Å²) in [6, 6.07) is 0. The van der Waals surface area contributed by atoms with Gasteiger partial charge < -0.3 is 10.6 Å². The smallest absolute Gasteiger partial charge is 0.271 e. The Morgan fingerprint density at radius 2 is 1.83 bits per heavy atom. The molecule has 18 heavy (non-hydrogen) atoms. The fourth-order valence-electron chi connectivity index (χ4n) is 1.12. The van der Waals surface area contributed by atoms with E-state index in [9.17, 15) is 9.59 Å². The minimum atomic E-state index is -0.422. The largest absolute Gasteiger partial charge is 0.354 e. The Labute approximate surface area is 106 Å². The number of nitrogens with one attached hydrogen (secondary N) is 2. The zero-order chi connectivity index (χ0) is 13.6. The average molecular weight is 250 g/mol. The van der Waals surface area contributed by atoms with E-state index in [2.05, 4.69) is 20.6 Å². The van der Waals surface area contributed by atoms with Crippen molar-refractivity contribution in [2.75, 3.05) is 13.1 Å². The van der Waals surface area contributed by atoms with Crippen LogP contribution >= 0.6 is 0 Å². The third kappa shape index (κ3) is 4.48. The van der Waals surface area contributed by atoms with E-state index in [1.54, 1.807) is 0 Å². The van der Waals surface area contributed by atoms with Gasteiger partial charge in [0, 0.05) is 30.9 Å². The third-order valence-corrected chi connectivity index (χ3v) is 2.17. The van der Waals surface area contributed by atoms with Gasteiger partial charge >= 0.3 is 0 Å². The highest BCUT2D eigenvalue weighted by Gasteiger charge is 2.20. The van der Waals surface area contributed by atoms with Crippen molar-refractivity contribution in [1.82, 2.24) is 20.6 Å². The summed E-state index contributed by atoms with van der Waals surface area (Å²) in [6.45, 7) is 6.25. The zero-order valence-corrected chi connectivity index (χ0v) is 10.9. The zero-order valence-electron chi connectivity index (χ0n) is 10.9. The van der Waals surface area contributed by atoms with E-state index in [1.165, 1.54) is 18.6 Å². The van der Waals surface area contributed by atoms with Gasteiger partial charge in [-0.1, -0.05) is 20.8 Å². The van der Waals surface area contributed by atoms with Gasteiger partial charge in [0.25, 0.3) is 5.91 Å². The first-order chi connectivity index (χ1) is 8.41. The third-order valence-electron chi connectivity index (χ3n) is 2.17. The molecule has 6 nitrogen and oxygen atoms in total. The molecule has 0 saturated heterocycles. The number of hydrogen-bond donors (Lipinski definition) is 2. The second-order valence-corrected chi connectivity index (χ2v) is 4.85. The summed E-state index contributed by atoms with van der Waals surface area (Å²) < 4.78 is 0. The Kier molecular flexibility index (Phi) is 4.76. The molecule has 98 valence electrons. The van der Waals surface area contributed by atoms with E-state index < -0.39 is 5.41 Å². The van der Waals surface area contributed by atoms with Crippen LogP contribution in [0.5, 0.6) is 0 Å². The van der Waals surface area contributed by atoms with Crippen LogP contribution in [0.4, 0.5) is 0 Å². The van der Waals surface area contributed by atoms with Gasteiger partial charge in [0.05, 0.1) is 6.20 Å². The molecule has 0 aromatic carbocycles. The lowest BCUT2D eigenvalue weighted by Gasteiger charge is -2.17. The number of aromatic nitrogens is 2. The fraction of sp³-hybridized carbons (Fsp3) is 0.500. The molecule has 0 aliphatic carbocycles. The van der Waals surface area contributed by atoms with Gasteiger partial charge in [0.1, 0.15) is 5.69 Å². The minimum Gasteiger partial charge on any atom is -0.354 e. The molecule has 0 unspecified atom stereocenters. The number of rotatable bonds is 4. The van der Waals surface area contributed by atoms with E-state index in [4.69, 9.17) is 0 Å². The first-order valence-corrected chi connectivity index (χ1v) is 5.74. The predicted molar refractivity (Wildman–Crippen MR) is 66.8 cm³/mol. The van der Waals surface area contributed by atoms with Crippen LogP contribution in [0.2, 0.25) is 0 Å². The SMILES string of the molecule is CC(C)(C)C(=O)NCCNC(=O)c1cnccn1. The molecule has 0 fully saturated rings. The van der Waals surface area contributed by atoms with Crippen molar-refractivity contribution in [3.8, 4) is 0 Å². The van der Waals surface area contributed by atoms with Gasteiger partial charge in [-0.15, -0.1) is 0 Å². The van der Waals surface area contributed by atoms with Crippen LogP contribution in [0.15, 0.2) is 18.6 Å². The Morgan fingerprint density at radius 1 is 1.17 bits per heavy atom. The highest BCUT2D eigenvalue weighted by Crippen LogP contribution is 2.11. The summed E-state index contributed by atoms with van der Waals surface area (Å²) in [5, 5.41) is 5.39. The summed E-state index contributed by atoms with van der Waals surface area (Å²) in [4.78, 5) is 30.8. The summed E-state index contributed by atoms with van der Waals surface area (Å²) in [7, 11) is 0. The van der Waals surface area contributed by atoms with Crippen LogP contribution in [0, 0.1) is 5.41 Å². The number of carbonyl (C=O) groups is 2. The molecular formula is C12H18N4O2. The van der Waals surface area contributed by atoms with E-state index in [0.717, 1.165) is 0 Å². The van der Waals surface area contributed by atoms with Crippen LogP contribution in [0.1, 0.15) is 31.3 Å². The summed E-state index contributed by atoms with van der Waals surface area (Å²) >= 11 is 0. The Bertz CT molecular complexity index is 412. The topological polar surface area (TPSA) is 84.0 Å². The average Bonchev–Trinajstić information content (AvgIpc) is 2.34. The number of hydrogen-bond acceptors (Lipinski definition) is 4. The predicted octanol–water partition coefficient (Wildman–Crippen LogP) is 0.369. The molecule has 1 aromatic rings. The van der Waals surface area contributed by atoms with E-state index >= 15 is 0 Å². The fourth-order valence-corrected chi connectivity index (χ4v) is 1.12. The van der Waals surface area contributed by atoms with Crippen molar-refractivity contribution in [2.24, 2.45) is 5.41 Å². The standard InChI is InChI=1S/C12H18N4O2/c1-12(2,3)11(18)16-7-6-15-10(17)9-8-13-4-5-14-9/h4-5,8H,6-7H2,1-3H3,(H,15,17)(H,16,18). The van der Waals surface area contributed by atoms with E-state index in [-0.39, 0.29) is 17.5 Å². The Morgan fingerprint density at radius 3 is 2.39 bits per heavy atom. The maximum atomic E-state index is 11.6. The first kappa shape index (κ1) is 14.1. The van der Waals surface area contributed by atoms with Gasteiger partial charge in [-0.2, -0.15) is 0 Å². The normalized spacial score (nSPS) is 10.8. The van der Waals surface area contributed by atoms with Gasteiger partial charge in [-0.05, 0) is 0 Å². The van der Waals surface area contributed by atoms with Crippen molar-refractivity contribution in [3.63, 3.8) is 0 Å². The summed E-state index contributed by atoms with van der Waals surface area (Å²) in [5.74, 6) is -0.343. The molecule has 0 spiro atoms. The van der Waals surface area contributed by atoms with Crippen molar-refractivity contribution in [1.29, 1.82) is 0 Å². The lowest BCUT2D eigenvalue weighted by molar-refractivity contribution is -0.128. The van der Waals surface area contributed by atoms with Gasteiger partial charge in [-0.3, -0.25) is 14.6 Å². The molecule has 6 heteroatoms. The first-order valence-electron chi connectivity index (χ1n) is 5.74. The summed E-state index contributed by atoms with van der Waals surface area (Å²) in [6.07, 6.45) is 4.35. The monoisotopic (exact) mass is 250 g/mol. The van der Waals surface area contributed by atoms with Crippen LogP contribution in [-0.2, 0) is 4.79 Å². The molecule has 2 amide bonds. The molecule has 0 radical (unpaired) electrons. The van der Waals surface area contributed by atoms with Crippen molar-refractivity contribution < 1.29 is 9.59 Å². The lowest BCUT2D eigenvalue weighted by atomic mass is 9.96. The van der Waals surface area contributed by atoms with Gasteiger partial charge in [0.2, 0.25) is 5.91 Å². The molecule has 0 saturated carbocycles. The summed E-state index contributed by atoms with van der Waals surface area (Å²) in [5.41, 5.74) is -0.158. The second kappa shape index (κ2) is 6.09. The second-order valence-electron chi connectivity index (χ2n) is 4.85. The molecule has 0 atom stereocenters. The molecule has 0 aliphatic rings. The molecule has 0 aliphatic heterocycles. The molecular weight excluding hydrogens is 232 g/mol. The molecule has 1 rings (SSSR count). The Balaban J connectivity index is 2.27.